The summed E-state index contributed by atoms with van der Waals surface area (Å²) in [5, 5.41) is 5.94. The van der Waals surface area contributed by atoms with Gasteiger partial charge in [-0.1, -0.05) is 59.7 Å². The monoisotopic (exact) mass is 319 g/mol. The zero-order valence-electron chi connectivity index (χ0n) is 15.4. The summed E-state index contributed by atoms with van der Waals surface area (Å²) < 4.78 is 0. The van der Waals surface area contributed by atoms with Crippen molar-refractivity contribution in [3.05, 3.63) is 29.3 Å². The van der Waals surface area contributed by atoms with Crippen molar-refractivity contribution < 1.29 is 4.79 Å². The van der Waals surface area contributed by atoms with E-state index >= 15 is 0 Å². The Bertz CT molecular complexity index is 483. The molecular formula is C19H33N3O. The van der Waals surface area contributed by atoms with Crippen LogP contribution in [0.1, 0.15) is 70.9 Å². The van der Waals surface area contributed by atoms with E-state index in [1.807, 2.05) is 0 Å². The first kappa shape index (κ1) is 19.5. The first-order chi connectivity index (χ1) is 10.7. The standard InChI is InChI=1S/C19H33N3O/c1-12(2)10-15(20)11-21-19(23)22-18-16(13(3)4)8-7-9-17(18)14(5)6/h7-9,12-15H,10-11,20H2,1-6H3,(H2,21,22,23)/t15-/m0/s1. The molecule has 0 spiro atoms. The molecule has 0 heterocycles. The Labute approximate surface area is 141 Å². The molecule has 0 radical (unpaired) electrons. The van der Waals surface area contributed by atoms with Gasteiger partial charge in [0.2, 0.25) is 0 Å². The number of benzene rings is 1. The van der Waals surface area contributed by atoms with Crippen molar-refractivity contribution in [1.29, 1.82) is 0 Å². The van der Waals surface area contributed by atoms with Gasteiger partial charge in [0.15, 0.2) is 0 Å². The number of para-hydroxylation sites is 1. The van der Waals surface area contributed by atoms with Crippen molar-refractivity contribution in [1.82, 2.24) is 5.32 Å². The summed E-state index contributed by atoms with van der Waals surface area (Å²) in [5.41, 5.74) is 9.30. The number of hydrogen-bond donors (Lipinski definition) is 3. The highest BCUT2D eigenvalue weighted by Gasteiger charge is 2.16. The first-order valence-corrected chi connectivity index (χ1v) is 8.65. The minimum Gasteiger partial charge on any atom is -0.336 e. The van der Waals surface area contributed by atoms with Gasteiger partial charge >= 0.3 is 6.03 Å². The molecular weight excluding hydrogens is 286 g/mol. The number of amides is 2. The molecule has 0 bridgehead atoms. The van der Waals surface area contributed by atoms with Gasteiger partial charge in [-0.15, -0.1) is 0 Å². The maximum atomic E-state index is 12.3. The Morgan fingerprint density at radius 3 is 2.00 bits per heavy atom. The predicted octanol–water partition coefficient (Wildman–Crippen LogP) is 4.43. The van der Waals surface area contributed by atoms with Crippen LogP contribution < -0.4 is 16.4 Å². The van der Waals surface area contributed by atoms with E-state index in [4.69, 9.17) is 5.73 Å². The van der Waals surface area contributed by atoms with E-state index in [1.54, 1.807) is 0 Å². The van der Waals surface area contributed by atoms with Crippen molar-refractivity contribution in [3.8, 4) is 0 Å². The molecule has 0 unspecified atom stereocenters. The number of carbonyl (C=O) groups excluding carboxylic acids is 1. The fraction of sp³-hybridized carbons (Fsp3) is 0.632. The number of hydrogen-bond acceptors (Lipinski definition) is 2. The average molecular weight is 319 g/mol. The zero-order chi connectivity index (χ0) is 17.6. The number of nitrogens with two attached hydrogens (primary N) is 1. The van der Waals surface area contributed by atoms with Gasteiger partial charge in [-0.25, -0.2) is 4.79 Å². The molecule has 130 valence electrons. The fourth-order valence-corrected chi connectivity index (χ4v) is 2.77. The van der Waals surface area contributed by atoms with Gasteiger partial charge in [0, 0.05) is 18.3 Å². The SMILES string of the molecule is CC(C)C[C@H](N)CNC(=O)Nc1c(C(C)C)cccc1C(C)C. The van der Waals surface area contributed by atoms with Crippen LogP contribution in [0.5, 0.6) is 0 Å². The first-order valence-electron chi connectivity index (χ1n) is 8.65. The summed E-state index contributed by atoms with van der Waals surface area (Å²) in [6.45, 7) is 13.3. The summed E-state index contributed by atoms with van der Waals surface area (Å²) in [4.78, 5) is 12.3. The van der Waals surface area contributed by atoms with Crippen LogP contribution in [0.4, 0.5) is 10.5 Å². The third kappa shape index (κ3) is 6.22. The second-order valence-corrected chi connectivity index (χ2v) is 7.35. The summed E-state index contributed by atoms with van der Waals surface area (Å²) in [5.74, 6) is 1.24. The Balaban J connectivity index is 2.80. The van der Waals surface area contributed by atoms with Crippen LogP contribution >= 0.6 is 0 Å². The van der Waals surface area contributed by atoms with Gasteiger partial charge < -0.3 is 16.4 Å². The van der Waals surface area contributed by atoms with Gasteiger partial charge in [0.25, 0.3) is 0 Å². The largest absolute Gasteiger partial charge is 0.336 e. The molecule has 0 aliphatic carbocycles. The Morgan fingerprint density at radius 2 is 1.57 bits per heavy atom. The van der Waals surface area contributed by atoms with Crippen LogP contribution in [0.15, 0.2) is 18.2 Å². The molecule has 1 rings (SSSR count). The normalized spacial score (nSPS) is 12.8. The molecule has 1 atom stereocenters. The topological polar surface area (TPSA) is 67.1 Å². The zero-order valence-corrected chi connectivity index (χ0v) is 15.4. The summed E-state index contributed by atoms with van der Waals surface area (Å²) in [7, 11) is 0. The minimum atomic E-state index is -0.181. The molecule has 0 aromatic heterocycles. The maximum Gasteiger partial charge on any atom is 0.319 e. The van der Waals surface area contributed by atoms with Crippen molar-refractivity contribution in [2.75, 3.05) is 11.9 Å². The van der Waals surface area contributed by atoms with E-state index < -0.39 is 0 Å². The van der Waals surface area contributed by atoms with Gasteiger partial charge in [-0.05, 0) is 35.3 Å². The Kier molecular flexibility index (Phi) is 7.56. The van der Waals surface area contributed by atoms with Gasteiger partial charge in [0.05, 0.1) is 0 Å². The molecule has 23 heavy (non-hydrogen) atoms. The molecule has 4 N–H and O–H groups in total. The maximum absolute atomic E-state index is 12.3. The van der Waals surface area contributed by atoms with E-state index in [1.165, 1.54) is 0 Å². The van der Waals surface area contributed by atoms with Crippen molar-refractivity contribution >= 4 is 11.7 Å². The molecule has 4 heteroatoms. The molecule has 0 aliphatic heterocycles. The minimum absolute atomic E-state index is 0.00865. The van der Waals surface area contributed by atoms with E-state index in [0.717, 1.165) is 23.2 Å². The summed E-state index contributed by atoms with van der Waals surface area (Å²) >= 11 is 0. The highest BCUT2D eigenvalue weighted by molar-refractivity contribution is 5.91. The van der Waals surface area contributed by atoms with E-state index in [2.05, 4.69) is 70.4 Å². The molecule has 0 fully saturated rings. The third-order valence-corrected chi connectivity index (χ3v) is 3.91. The van der Waals surface area contributed by atoms with Gasteiger partial charge in [0.1, 0.15) is 0 Å². The number of nitrogens with one attached hydrogen (secondary N) is 2. The molecule has 2 amide bonds. The lowest BCUT2D eigenvalue weighted by Crippen LogP contribution is -2.40. The smallest absolute Gasteiger partial charge is 0.319 e. The number of urea groups is 1. The van der Waals surface area contributed by atoms with Crippen LogP contribution in [-0.2, 0) is 0 Å². The fourth-order valence-electron chi connectivity index (χ4n) is 2.77. The molecule has 1 aromatic rings. The van der Waals surface area contributed by atoms with Crippen LogP contribution in [0.2, 0.25) is 0 Å². The quantitative estimate of drug-likeness (QED) is 0.696. The summed E-state index contributed by atoms with van der Waals surface area (Å²) in [6.07, 6.45) is 0.903. The number of carbonyl (C=O) groups is 1. The van der Waals surface area contributed by atoms with Crippen molar-refractivity contribution in [2.24, 2.45) is 11.7 Å². The molecule has 0 saturated heterocycles. The van der Waals surface area contributed by atoms with E-state index in [0.29, 0.717) is 24.3 Å². The highest BCUT2D eigenvalue weighted by atomic mass is 16.2. The van der Waals surface area contributed by atoms with Crippen LogP contribution in [0.25, 0.3) is 0 Å². The second-order valence-electron chi connectivity index (χ2n) is 7.35. The number of anilines is 1. The lowest BCUT2D eigenvalue weighted by Gasteiger charge is -2.21. The average Bonchev–Trinajstić information content (AvgIpc) is 2.44. The van der Waals surface area contributed by atoms with Crippen LogP contribution in [0.3, 0.4) is 0 Å². The van der Waals surface area contributed by atoms with E-state index in [9.17, 15) is 4.79 Å². The molecule has 0 aliphatic rings. The van der Waals surface area contributed by atoms with E-state index in [-0.39, 0.29) is 12.1 Å². The lowest BCUT2D eigenvalue weighted by molar-refractivity contribution is 0.251. The third-order valence-electron chi connectivity index (χ3n) is 3.91. The van der Waals surface area contributed by atoms with Gasteiger partial charge in [-0.3, -0.25) is 0 Å². The van der Waals surface area contributed by atoms with Crippen molar-refractivity contribution in [3.63, 3.8) is 0 Å². The lowest BCUT2D eigenvalue weighted by atomic mass is 9.93. The molecule has 1 aromatic carbocycles. The number of rotatable bonds is 7. The molecule has 0 saturated carbocycles. The van der Waals surface area contributed by atoms with Crippen molar-refractivity contribution in [2.45, 2.75) is 65.8 Å². The predicted molar refractivity (Wildman–Crippen MR) is 99.1 cm³/mol. The highest BCUT2D eigenvalue weighted by Crippen LogP contribution is 2.32. The Hall–Kier alpha value is -1.55. The second kappa shape index (κ2) is 8.92. The van der Waals surface area contributed by atoms with Crippen LogP contribution in [0, 0.1) is 5.92 Å². The Morgan fingerprint density at radius 1 is 1.04 bits per heavy atom. The molecule has 4 nitrogen and oxygen atoms in total. The van der Waals surface area contributed by atoms with Crippen LogP contribution in [-0.4, -0.2) is 18.6 Å². The van der Waals surface area contributed by atoms with Gasteiger partial charge in [-0.2, -0.15) is 0 Å². The summed E-state index contributed by atoms with van der Waals surface area (Å²) in [6, 6.07) is 6.03.